The monoisotopic (exact) mass is 235 g/mol. The van der Waals surface area contributed by atoms with Crippen LogP contribution in [-0.2, 0) is 0 Å². The van der Waals surface area contributed by atoms with Crippen molar-refractivity contribution in [2.75, 3.05) is 19.0 Å². The maximum atomic E-state index is 9.47. The van der Waals surface area contributed by atoms with E-state index in [-0.39, 0.29) is 11.9 Å². The Hall–Kier alpha value is -1.64. The number of anilines is 1. The second-order valence-electron chi connectivity index (χ2n) is 4.34. The van der Waals surface area contributed by atoms with Gasteiger partial charge in [0.05, 0.1) is 11.8 Å². The molecule has 1 N–H and O–H groups in total. The molecule has 0 aromatic heterocycles. The van der Waals surface area contributed by atoms with Crippen molar-refractivity contribution in [2.24, 2.45) is 0 Å². The predicted octanol–water partition coefficient (Wildman–Crippen LogP) is 3.19. The third-order valence-corrected chi connectivity index (χ3v) is 2.53. The lowest BCUT2D eigenvalue weighted by Crippen LogP contribution is -2.15. The minimum absolute atomic E-state index is 0.135. The van der Waals surface area contributed by atoms with Gasteiger partial charge >= 0.3 is 0 Å². The van der Waals surface area contributed by atoms with Gasteiger partial charge in [-0.15, -0.1) is 6.58 Å². The Morgan fingerprint density at radius 2 is 2.18 bits per heavy atom. The topological polar surface area (TPSA) is 32.7 Å². The van der Waals surface area contributed by atoms with Crippen molar-refractivity contribution in [1.29, 1.82) is 0 Å². The van der Waals surface area contributed by atoms with Crippen LogP contribution in [0, 0.1) is 0 Å². The van der Waals surface area contributed by atoms with E-state index in [1.54, 1.807) is 18.2 Å². The fraction of sp³-hybridized carbons (Fsp3) is 0.429. The average Bonchev–Trinajstić information content (AvgIpc) is 2.28. The summed E-state index contributed by atoms with van der Waals surface area (Å²) >= 11 is 0. The Morgan fingerprint density at radius 1 is 1.47 bits per heavy atom. The molecule has 0 bridgehead atoms. The van der Waals surface area contributed by atoms with Crippen LogP contribution in [0.5, 0.6) is 11.5 Å². The standard InChI is InChI=1S/C14H21NO2/c1-5-6-7-11(2)17-14-9-8-12(16)10-13(14)15(3)4/h5,8-11,16H,1,6-7H2,2-4H3/t11-/m0/s1. The molecule has 0 aliphatic heterocycles. The molecule has 0 radical (unpaired) electrons. The van der Waals surface area contributed by atoms with Gasteiger partial charge in [-0.3, -0.25) is 0 Å². The first-order valence-electron chi connectivity index (χ1n) is 5.82. The molecule has 1 aromatic rings. The second kappa shape index (κ2) is 6.18. The van der Waals surface area contributed by atoms with Gasteiger partial charge in [0.1, 0.15) is 11.5 Å². The van der Waals surface area contributed by atoms with Gasteiger partial charge in [0, 0.05) is 20.2 Å². The number of phenols is 1. The maximum absolute atomic E-state index is 9.47. The van der Waals surface area contributed by atoms with Crippen LogP contribution in [0.25, 0.3) is 0 Å². The second-order valence-corrected chi connectivity index (χ2v) is 4.34. The maximum Gasteiger partial charge on any atom is 0.143 e. The van der Waals surface area contributed by atoms with Crippen molar-refractivity contribution >= 4 is 5.69 Å². The van der Waals surface area contributed by atoms with Crippen molar-refractivity contribution in [2.45, 2.75) is 25.9 Å². The molecule has 1 rings (SSSR count). The lowest BCUT2D eigenvalue weighted by molar-refractivity contribution is 0.213. The van der Waals surface area contributed by atoms with E-state index in [1.165, 1.54) is 0 Å². The number of hydrogen-bond acceptors (Lipinski definition) is 3. The zero-order chi connectivity index (χ0) is 12.8. The van der Waals surface area contributed by atoms with E-state index in [0.29, 0.717) is 0 Å². The molecule has 0 unspecified atom stereocenters. The molecule has 3 nitrogen and oxygen atoms in total. The molecule has 0 heterocycles. The quantitative estimate of drug-likeness (QED) is 0.769. The summed E-state index contributed by atoms with van der Waals surface area (Å²) in [4.78, 5) is 1.93. The number of allylic oxidation sites excluding steroid dienone is 1. The predicted molar refractivity (Wildman–Crippen MR) is 72.0 cm³/mol. The van der Waals surface area contributed by atoms with Gasteiger partial charge in [-0.25, -0.2) is 0 Å². The van der Waals surface area contributed by atoms with E-state index in [4.69, 9.17) is 4.74 Å². The molecule has 0 aliphatic rings. The van der Waals surface area contributed by atoms with Crippen molar-refractivity contribution in [1.82, 2.24) is 0 Å². The summed E-state index contributed by atoms with van der Waals surface area (Å²) in [5.41, 5.74) is 0.885. The summed E-state index contributed by atoms with van der Waals surface area (Å²) in [6.07, 6.45) is 3.91. The molecule has 17 heavy (non-hydrogen) atoms. The molecule has 0 fully saturated rings. The zero-order valence-electron chi connectivity index (χ0n) is 10.8. The summed E-state index contributed by atoms with van der Waals surface area (Å²) in [7, 11) is 3.85. The highest BCUT2D eigenvalue weighted by Gasteiger charge is 2.10. The molecule has 94 valence electrons. The summed E-state index contributed by atoms with van der Waals surface area (Å²) in [5.74, 6) is 1.05. The minimum atomic E-state index is 0.135. The molecular formula is C14H21NO2. The van der Waals surface area contributed by atoms with Crippen LogP contribution in [0.1, 0.15) is 19.8 Å². The lowest BCUT2D eigenvalue weighted by atomic mass is 10.2. The third kappa shape index (κ3) is 4.02. The molecule has 0 saturated heterocycles. The van der Waals surface area contributed by atoms with Gasteiger partial charge in [-0.1, -0.05) is 6.08 Å². The summed E-state index contributed by atoms with van der Waals surface area (Å²) in [5, 5.41) is 9.47. The van der Waals surface area contributed by atoms with Crippen LogP contribution in [0.3, 0.4) is 0 Å². The first-order chi connectivity index (χ1) is 8.04. The van der Waals surface area contributed by atoms with Crippen LogP contribution in [0.15, 0.2) is 30.9 Å². The van der Waals surface area contributed by atoms with Crippen molar-refractivity contribution < 1.29 is 9.84 Å². The summed E-state index contributed by atoms with van der Waals surface area (Å²) in [6, 6.07) is 5.15. The SMILES string of the molecule is C=CCC[C@H](C)Oc1ccc(O)cc1N(C)C. The fourth-order valence-electron chi connectivity index (χ4n) is 1.58. The Morgan fingerprint density at radius 3 is 2.76 bits per heavy atom. The van der Waals surface area contributed by atoms with Gasteiger partial charge in [-0.05, 0) is 31.9 Å². The highest BCUT2D eigenvalue weighted by Crippen LogP contribution is 2.31. The smallest absolute Gasteiger partial charge is 0.143 e. The lowest BCUT2D eigenvalue weighted by Gasteiger charge is -2.21. The van der Waals surface area contributed by atoms with E-state index in [2.05, 4.69) is 6.58 Å². The van der Waals surface area contributed by atoms with Gasteiger partial charge < -0.3 is 14.7 Å². The summed E-state index contributed by atoms with van der Waals surface area (Å²) in [6.45, 7) is 5.74. The van der Waals surface area contributed by atoms with Gasteiger partial charge in [-0.2, -0.15) is 0 Å². The van der Waals surface area contributed by atoms with E-state index in [1.807, 2.05) is 32.0 Å². The number of aromatic hydroxyl groups is 1. The number of rotatable bonds is 6. The third-order valence-electron chi connectivity index (χ3n) is 2.53. The van der Waals surface area contributed by atoms with Crippen LogP contribution >= 0.6 is 0 Å². The number of nitrogens with zero attached hydrogens (tertiary/aromatic N) is 1. The average molecular weight is 235 g/mol. The number of benzene rings is 1. The van der Waals surface area contributed by atoms with Crippen LogP contribution in [-0.4, -0.2) is 25.3 Å². The first-order valence-corrected chi connectivity index (χ1v) is 5.82. The molecule has 0 spiro atoms. The van der Waals surface area contributed by atoms with Gasteiger partial charge in [0.25, 0.3) is 0 Å². The molecule has 0 saturated carbocycles. The molecular weight excluding hydrogens is 214 g/mol. The Kier molecular flexibility index (Phi) is 4.88. The fourth-order valence-corrected chi connectivity index (χ4v) is 1.58. The van der Waals surface area contributed by atoms with Crippen LogP contribution in [0.4, 0.5) is 5.69 Å². The molecule has 1 aromatic carbocycles. The van der Waals surface area contributed by atoms with E-state index in [0.717, 1.165) is 24.3 Å². The highest BCUT2D eigenvalue weighted by molar-refractivity contribution is 5.60. The Bertz CT molecular complexity index is 374. The molecule has 3 heteroatoms. The number of hydrogen-bond donors (Lipinski definition) is 1. The highest BCUT2D eigenvalue weighted by atomic mass is 16.5. The van der Waals surface area contributed by atoms with Crippen molar-refractivity contribution in [3.8, 4) is 11.5 Å². The van der Waals surface area contributed by atoms with E-state index >= 15 is 0 Å². The zero-order valence-corrected chi connectivity index (χ0v) is 10.8. The normalized spacial score (nSPS) is 11.9. The van der Waals surface area contributed by atoms with E-state index in [9.17, 15) is 5.11 Å². The Balaban J connectivity index is 2.79. The van der Waals surface area contributed by atoms with E-state index < -0.39 is 0 Å². The van der Waals surface area contributed by atoms with Crippen molar-refractivity contribution in [3.63, 3.8) is 0 Å². The summed E-state index contributed by atoms with van der Waals surface area (Å²) < 4.78 is 5.86. The van der Waals surface area contributed by atoms with Crippen LogP contribution in [0.2, 0.25) is 0 Å². The van der Waals surface area contributed by atoms with Gasteiger partial charge in [0.2, 0.25) is 0 Å². The minimum Gasteiger partial charge on any atom is -0.508 e. The Labute approximate surface area is 103 Å². The number of phenolic OH excluding ortho intramolecular Hbond substituents is 1. The largest absolute Gasteiger partial charge is 0.508 e. The van der Waals surface area contributed by atoms with Crippen LogP contribution < -0.4 is 9.64 Å². The molecule has 0 aliphatic carbocycles. The van der Waals surface area contributed by atoms with Gasteiger partial charge in [0.15, 0.2) is 0 Å². The molecule has 0 amide bonds. The van der Waals surface area contributed by atoms with Crippen molar-refractivity contribution in [3.05, 3.63) is 30.9 Å². The first kappa shape index (κ1) is 13.4. The molecule has 1 atom stereocenters. The number of ether oxygens (including phenoxy) is 1.